The molecule has 1 aromatic heterocycles. The molecule has 0 bridgehead atoms. The monoisotopic (exact) mass is 328 g/mol. The smallest absolute Gasteiger partial charge is 0.214 e. The third kappa shape index (κ3) is 3.69. The van der Waals surface area contributed by atoms with Crippen molar-refractivity contribution >= 4 is 15.9 Å². The number of aromatic nitrogens is 1. The van der Waals surface area contributed by atoms with Gasteiger partial charge in [0.25, 0.3) is 0 Å². The van der Waals surface area contributed by atoms with Gasteiger partial charge >= 0.3 is 0 Å². The van der Waals surface area contributed by atoms with Crippen LogP contribution in [0.1, 0.15) is 16.7 Å². The molecule has 0 unspecified atom stereocenters. The second kappa shape index (κ2) is 6.88. The zero-order chi connectivity index (χ0) is 14.4. The highest BCUT2D eigenvalue weighted by Gasteiger charge is 2.05. The molecule has 2 rings (SSSR count). The summed E-state index contributed by atoms with van der Waals surface area (Å²) in [7, 11) is 0. The Morgan fingerprint density at radius 2 is 2.15 bits per heavy atom. The van der Waals surface area contributed by atoms with Gasteiger partial charge in [0.2, 0.25) is 5.88 Å². The fourth-order valence-corrected chi connectivity index (χ4v) is 2.13. The van der Waals surface area contributed by atoms with Gasteiger partial charge in [0, 0.05) is 6.07 Å². The molecule has 100 valence electrons. The van der Waals surface area contributed by atoms with Gasteiger partial charge in [-0.15, -0.1) is 6.58 Å². The summed E-state index contributed by atoms with van der Waals surface area (Å²) in [6.07, 6.45) is 2.53. The van der Waals surface area contributed by atoms with Crippen molar-refractivity contribution in [2.24, 2.45) is 0 Å². The van der Waals surface area contributed by atoms with Crippen LogP contribution in [0.5, 0.6) is 5.88 Å². The number of hydrogen-bond donors (Lipinski definition) is 0. The van der Waals surface area contributed by atoms with Gasteiger partial charge in [0.1, 0.15) is 11.2 Å². The van der Waals surface area contributed by atoms with Gasteiger partial charge in [0.15, 0.2) is 0 Å². The fourth-order valence-electron chi connectivity index (χ4n) is 1.80. The Kier molecular flexibility index (Phi) is 4.91. The van der Waals surface area contributed by atoms with Crippen molar-refractivity contribution in [3.63, 3.8) is 0 Å². The predicted octanol–water partition coefficient (Wildman–Crippen LogP) is 4.02. The van der Waals surface area contributed by atoms with Crippen molar-refractivity contribution < 1.29 is 4.74 Å². The number of halogens is 1. The molecule has 0 N–H and O–H groups in total. The van der Waals surface area contributed by atoms with E-state index in [1.165, 1.54) is 0 Å². The lowest BCUT2D eigenvalue weighted by Crippen LogP contribution is -2.01. The van der Waals surface area contributed by atoms with E-state index in [0.29, 0.717) is 24.5 Å². The number of rotatable bonds is 5. The normalized spacial score (nSPS) is 9.80. The summed E-state index contributed by atoms with van der Waals surface area (Å²) in [5, 5.41) is 8.94. The van der Waals surface area contributed by atoms with Crippen LogP contribution in [-0.4, -0.2) is 4.98 Å². The van der Waals surface area contributed by atoms with Crippen LogP contribution in [0.3, 0.4) is 0 Å². The molecule has 1 aromatic carbocycles. The number of allylic oxidation sites excluding steroid dienone is 1. The van der Waals surface area contributed by atoms with E-state index < -0.39 is 0 Å². The Balaban J connectivity index is 2.16. The molecule has 0 aliphatic carbocycles. The van der Waals surface area contributed by atoms with Crippen LogP contribution in [-0.2, 0) is 13.0 Å². The Morgan fingerprint density at radius 3 is 2.85 bits per heavy atom. The zero-order valence-electron chi connectivity index (χ0n) is 10.8. The Labute approximate surface area is 126 Å². The van der Waals surface area contributed by atoms with E-state index in [-0.39, 0.29) is 0 Å². The molecule has 0 saturated heterocycles. The molecule has 0 aliphatic heterocycles. The highest BCUT2D eigenvalue weighted by Crippen LogP contribution is 2.17. The summed E-state index contributed by atoms with van der Waals surface area (Å²) in [6.45, 7) is 4.16. The van der Waals surface area contributed by atoms with E-state index in [2.05, 4.69) is 33.6 Å². The predicted molar refractivity (Wildman–Crippen MR) is 81.3 cm³/mol. The van der Waals surface area contributed by atoms with E-state index in [1.54, 1.807) is 6.07 Å². The quantitative estimate of drug-likeness (QED) is 0.615. The Morgan fingerprint density at radius 1 is 1.30 bits per heavy atom. The second-order valence-electron chi connectivity index (χ2n) is 4.18. The van der Waals surface area contributed by atoms with Crippen LogP contribution in [0.25, 0.3) is 0 Å². The van der Waals surface area contributed by atoms with Crippen molar-refractivity contribution in [3.05, 3.63) is 70.3 Å². The van der Waals surface area contributed by atoms with E-state index >= 15 is 0 Å². The van der Waals surface area contributed by atoms with Gasteiger partial charge in [-0.2, -0.15) is 5.26 Å². The van der Waals surface area contributed by atoms with Gasteiger partial charge in [0.05, 0.1) is 11.6 Å². The summed E-state index contributed by atoms with van der Waals surface area (Å²) >= 11 is 3.31. The lowest BCUT2D eigenvalue weighted by atomic mass is 10.0. The standard InChI is InChI=1S/C16H13BrN2O/c1-2-4-13-9-12(10-18)7-8-14(13)11-20-16-6-3-5-15(17)19-16/h2-3,5-9H,1,4,11H2. The lowest BCUT2D eigenvalue weighted by molar-refractivity contribution is 0.292. The third-order valence-corrected chi connectivity index (χ3v) is 3.21. The van der Waals surface area contributed by atoms with Crippen molar-refractivity contribution in [1.29, 1.82) is 5.26 Å². The first-order chi connectivity index (χ1) is 9.72. The first-order valence-corrected chi connectivity index (χ1v) is 6.90. The number of pyridine rings is 1. The highest BCUT2D eigenvalue weighted by molar-refractivity contribution is 9.10. The molecule has 0 fully saturated rings. The largest absolute Gasteiger partial charge is 0.473 e. The molecule has 0 saturated carbocycles. The first kappa shape index (κ1) is 14.3. The van der Waals surface area contributed by atoms with Crippen LogP contribution in [0.4, 0.5) is 0 Å². The molecular formula is C16H13BrN2O. The summed E-state index contributed by atoms with van der Waals surface area (Å²) < 4.78 is 6.41. The SMILES string of the molecule is C=CCc1cc(C#N)ccc1COc1cccc(Br)n1. The molecular weight excluding hydrogens is 316 g/mol. The van der Waals surface area contributed by atoms with Crippen molar-refractivity contribution in [1.82, 2.24) is 4.98 Å². The maximum Gasteiger partial charge on any atom is 0.214 e. The molecule has 0 atom stereocenters. The number of hydrogen-bond acceptors (Lipinski definition) is 3. The first-order valence-electron chi connectivity index (χ1n) is 6.11. The van der Waals surface area contributed by atoms with Gasteiger partial charge < -0.3 is 4.74 Å². The van der Waals surface area contributed by atoms with Crippen LogP contribution < -0.4 is 4.74 Å². The number of benzene rings is 1. The topological polar surface area (TPSA) is 45.9 Å². The Hall–Kier alpha value is -2.12. The van der Waals surface area contributed by atoms with Crippen molar-refractivity contribution in [3.8, 4) is 11.9 Å². The molecule has 4 heteroatoms. The maximum absolute atomic E-state index is 8.94. The van der Waals surface area contributed by atoms with Gasteiger partial charge in [-0.3, -0.25) is 0 Å². The lowest BCUT2D eigenvalue weighted by Gasteiger charge is -2.10. The Bertz CT molecular complexity index is 662. The van der Waals surface area contributed by atoms with E-state index in [1.807, 2.05) is 36.4 Å². The summed E-state index contributed by atoms with van der Waals surface area (Å²) in [4.78, 5) is 4.22. The summed E-state index contributed by atoms with van der Waals surface area (Å²) in [6, 6.07) is 13.2. The third-order valence-electron chi connectivity index (χ3n) is 2.76. The van der Waals surface area contributed by atoms with Crippen LogP contribution >= 0.6 is 15.9 Å². The fraction of sp³-hybridized carbons (Fsp3) is 0.125. The molecule has 2 aromatic rings. The van der Waals surface area contributed by atoms with E-state index in [0.717, 1.165) is 15.7 Å². The molecule has 0 aliphatic rings. The molecule has 0 amide bonds. The molecule has 20 heavy (non-hydrogen) atoms. The minimum absolute atomic E-state index is 0.415. The molecule has 0 radical (unpaired) electrons. The van der Waals surface area contributed by atoms with Crippen molar-refractivity contribution in [2.75, 3.05) is 0 Å². The second-order valence-corrected chi connectivity index (χ2v) is 4.99. The van der Waals surface area contributed by atoms with Gasteiger partial charge in [-0.05, 0) is 51.7 Å². The average molecular weight is 329 g/mol. The number of ether oxygens (including phenoxy) is 1. The average Bonchev–Trinajstić information content (AvgIpc) is 2.46. The number of nitrogens with zero attached hydrogens (tertiary/aromatic N) is 2. The highest BCUT2D eigenvalue weighted by atomic mass is 79.9. The number of nitriles is 1. The maximum atomic E-state index is 8.94. The zero-order valence-corrected chi connectivity index (χ0v) is 12.4. The van der Waals surface area contributed by atoms with E-state index in [4.69, 9.17) is 10.00 Å². The van der Waals surface area contributed by atoms with Gasteiger partial charge in [-0.25, -0.2) is 4.98 Å². The van der Waals surface area contributed by atoms with E-state index in [9.17, 15) is 0 Å². The van der Waals surface area contributed by atoms with Crippen molar-refractivity contribution in [2.45, 2.75) is 13.0 Å². The minimum Gasteiger partial charge on any atom is -0.473 e. The van der Waals surface area contributed by atoms with Crippen LogP contribution in [0.2, 0.25) is 0 Å². The van der Waals surface area contributed by atoms with Crippen LogP contribution in [0.15, 0.2) is 53.7 Å². The summed E-state index contributed by atoms with van der Waals surface area (Å²) in [5.41, 5.74) is 2.73. The van der Waals surface area contributed by atoms with Crippen LogP contribution in [0, 0.1) is 11.3 Å². The molecule has 0 spiro atoms. The summed E-state index contributed by atoms with van der Waals surface area (Å²) in [5.74, 6) is 0.563. The molecule has 3 nitrogen and oxygen atoms in total. The molecule has 1 heterocycles. The van der Waals surface area contributed by atoms with Gasteiger partial charge in [-0.1, -0.05) is 18.2 Å². The minimum atomic E-state index is 0.415.